The number of carbonyl (C=O) groups excluding carboxylic acids is 1. The molecule has 1 fully saturated rings. The number of hydrogen-bond donors (Lipinski definition) is 1. The Balaban J connectivity index is 1.88. The largest absolute Gasteiger partial charge is 0.349 e. The minimum atomic E-state index is 0.0614. The van der Waals surface area contributed by atoms with E-state index >= 15 is 0 Å². The molecule has 1 heterocycles. The van der Waals surface area contributed by atoms with Gasteiger partial charge in [-0.15, -0.1) is 11.3 Å². The summed E-state index contributed by atoms with van der Waals surface area (Å²) in [6, 6.07) is 2.24. The van der Waals surface area contributed by atoms with E-state index < -0.39 is 0 Å². The van der Waals surface area contributed by atoms with Crippen molar-refractivity contribution >= 4 is 49.1 Å². The lowest BCUT2D eigenvalue weighted by Gasteiger charge is -2.28. The first-order valence-corrected chi connectivity index (χ1v) is 8.76. The molecule has 0 atom stereocenters. The van der Waals surface area contributed by atoms with E-state index in [4.69, 9.17) is 0 Å². The second kappa shape index (κ2) is 6.53. The summed E-state index contributed by atoms with van der Waals surface area (Å²) in [5.74, 6) is 0.925. The van der Waals surface area contributed by atoms with Crippen molar-refractivity contribution in [1.29, 1.82) is 0 Å². The predicted octanol–water partition coefficient (Wildman–Crippen LogP) is 4.97. The van der Waals surface area contributed by atoms with E-state index in [1.807, 2.05) is 6.07 Å². The summed E-state index contributed by atoms with van der Waals surface area (Å²) in [4.78, 5) is 12.9. The van der Waals surface area contributed by atoms with Crippen molar-refractivity contribution in [2.24, 2.45) is 5.92 Å². The standard InChI is InChI=1S/C13H17Br2NOS/c1-2-8-3-5-9(6-4-8)16-13(17)11-7-10(14)12(15)18-11/h7-9H,2-6H2,1H3,(H,16,17). The second-order valence-corrected chi connectivity index (χ2v) is 8.06. The molecule has 0 aromatic carbocycles. The van der Waals surface area contributed by atoms with Crippen LogP contribution in [0.1, 0.15) is 48.7 Å². The first-order chi connectivity index (χ1) is 8.60. The zero-order valence-electron chi connectivity index (χ0n) is 10.3. The Labute approximate surface area is 129 Å². The first kappa shape index (κ1) is 14.5. The first-order valence-electron chi connectivity index (χ1n) is 6.35. The summed E-state index contributed by atoms with van der Waals surface area (Å²) in [6.45, 7) is 2.25. The van der Waals surface area contributed by atoms with Gasteiger partial charge in [0.1, 0.15) is 0 Å². The highest BCUT2D eigenvalue weighted by molar-refractivity contribution is 9.13. The molecule has 18 heavy (non-hydrogen) atoms. The maximum absolute atomic E-state index is 12.1. The molecule has 1 N–H and O–H groups in total. The molecule has 1 saturated carbocycles. The van der Waals surface area contributed by atoms with Crippen LogP contribution in [0.2, 0.25) is 0 Å². The van der Waals surface area contributed by atoms with Gasteiger partial charge in [0.2, 0.25) is 0 Å². The van der Waals surface area contributed by atoms with E-state index in [1.165, 1.54) is 30.6 Å². The van der Waals surface area contributed by atoms with Crippen molar-refractivity contribution in [3.05, 3.63) is 19.2 Å². The molecule has 2 rings (SSSR count). The molecule has 0 unspecified atom stereocenters. The van der Waals surface area contributed by atoms with Crippen molar-refractivity contribution in [2.75, 3.05) is 0 Å². The average molecular weight is 395 g/mol. The molecule has 0 saturated heterocycles. The molecular weight excluding hydrogens is 378 g/mol. The molecule has 1 aliphatic rings. The summed E-state index contributed by atoms with van der Waals surface area (Å²) in [7, 11) is 0. The molecule has 2 nitrogen and oxygen atoms in total. The fraction of sp³-hybridized carbons (Fsp3) is 0.615. The van der Waals surface area contributed by atoms with Gasteiger partial charge in [-0.05, 0) is 69.5 Å². The maximum atomic E-state index is 12.1. The van der Waals surface area contributed by atoms with Gasteiger partial charge >= 0.3 is 0 Å². The van der Waals surface area contributed by atoms with Crippen LogP contribution in [0, 0.1) is 5.92 Å². The highest BCUT2D eigenvalue weighted by Crippen LogP contribution is 2.33. The van der Waals surface area contributed by atoms with Crippen molar-refractivity contribution in [3.63, 3.8) is 0 Å². The van der Waals surface area contributed by atoms with Crippen LogP contribution < -0.4 is 5.32 Å². The average Bonchev–Trinajstić information content (AvgIpc) is 2.71. The molecule has 0 bridgehead atoms. The van der Waals surface area contributed by atoms with Crippen LogP contribution in [0.25, 0.3) is 0 Å². The third-order valence-electron chi connectivity index (χ3n) is 3.63. The van der Waals surface area contributed by atoms with Crippen molar-refractivity contribution in [1.82, 2.24) is 5.32 Å². The summed E-state index contributed by atoms with van der Waals surface area (Å²) >= 11 is 8.30. The molecule has 100 valence electrons. The van der Waals surface area contributed by atoms with Crippen LogP contribution in [0.4, 0.5) is 0 Å². The summed E-state index contributed by atoms with van der Waals surface area (Å²) in [6.07, 6.45) is 6.01. The Bertz CT molecular complexity index is 405. The summed E-state index contributed by atoms with van der Waals surface area (Å²) in [5.41, 5.74) is 0. The molecule has 0 spiro atoms. The molecule has 1 aromatic heterocycles. The van der Waals surface area contributed by atoms with Crippen LogP contribution in [0.5, 0.6) is 0 Å². The van der Waals surface area contributed by atoms with Gasteiger partial charge in [-0.25, -0.2) is 0 Å². The normalized spacial score (nSPS) is 23.9. The Morgan fingerprint density at radius 1 is 1.39 bits per heavy atom. The third kappa shape index (κ3) is 3.58. The zero-order chi connectivity index (χ0) is 13.1. The van der Waals surface area contributed by atoms with Crippen LogP contribution in [0.15, 0.2) is 14.3 Å². The van der Waals surface area contributed by atoms with E-state index in [9.17, 15) is 4.79 Å². The van der Waals surface area contributed by atoms with Gasteiger partial charge in [-0.1, -0.05) is 13.3 Å². The molecule has 1 aromatic rings. The Hall–Kier alpha value is 0.130. The van der Waals surface area contributed by atoms with Crippen LogP contribution in [-0.2, 0) is 0 Å². The Morgan fingerprint density at radius 3 is 2.56 bits per heavy atom. The Kier molecular flexibility index (Phi) is 5.27. The van der Waals surface area contributed by atoms with Crippen LogP contribution in [-0.4, -0.2) is 11.9 Å². The number of rotatable bonds is 3. The number of hydrogen-bond acceptors (Lipinski definition) is 2. The smallest absolute Gasteiger partial charge is 0.261 e. The number of carbonyl (C=O) groups is 1. The fourth-order valence-corrected chi connectivity index (χ4v) is 4.37. The van der Waals surface area contributed by atoms with Crippen molar-refractivity contribution in [3.8, 4) is 0 Å². The van der Waals surface area contributed by atoms with Crippen molar-refractivity contribution < 1.29 is 4.79 Å². The second-order valence-electron chi connectivity index (χ2n) is 4.83. The number of amides is 1. The van der Waals surface area contributed by atoms with E-state index in [2.05, 4.69) is 44.1 Å². The fourth-order valence-electron chi connectivity index (χ4n) is 2.43. The van der Waals surface area contributed by atoms with Gasteiger partial charge < -0.3 is 5.32 Å². The lowest BCUT2D eigenvalue weighted by Crippen LogP contribution is -2.37. The lowest BCUT2D eigenvalue weighted by molar-refractivity contribution is 0.0925. The minimum absolute atomic E-state index is 0.0614. The van der Waals surface area contributed by atoms with Crippen LogP contribution >= 0.6 is 43.2 Å². The molecule has 5 heteroatoms. The summed E-state index contributed by atoms with van der Waals surface area (Å²) in [5, 5.41) is 3.15. The van der Waals surface area contributed by atoms with Gasteiger partial charge in [0.25, 0.3) is 5.91 Å². The maximum Gasteiger partial charge on any atom is 0.261 e. The monoisotopic (exact) mass is 393 g/mol. The lowest BCUT2D eigenvalue weighted by atomic mass is 9.84. The van der Waals surface area contributed by atoms with Gasteiger partial charge in [-0.2, -0.15) is 0 Å². The predicted molar refractivity (Wildman–Crippen MR) is 83.2 cm³/mol. The van der Waals surface area contributed by atoms with Crippen molar-refractivity contribution in [2.45, 2.75) is 45.1 Å². The van der Waals surface area contributed by atoms with Gasteiger partial charge in [0.15, 0.2) is 0 Å². The van der Waals surface area contributed by atoms with Crippen LogP contribution in [0.3, 0.4) is 0 Å². The van der Waals surface area contributed by atoms with E-state index in [0.717, 1.165) is 31.9 Å². The highest BCUT2D eigenvalue weighted by Gasteiger charge is 2.22. The Morgan fingerprint density at radius 2 is 2.06 bits per heavy atom. The number of thiophene rings is 1. The van der Waals surface area contributed by atoms with E-state index in [1.54, 1.807) is 0 Å². The number of nitrogens with one attached hydrogen (secondary N) is 1. The van der Waals surface area contributed by atoms with E-state index in [0.29, 0.717) is 6.04 Å². The quantitative estimate of drug-likeness (QED) is 0.770. The molecule has 1 aliphatic carbocycles. The van der Waals surface area contributed by atoms with Gasteiger partial charge in [0.05, 0.1) is 8.66 Å². The zero-order valence-corrected chi connectivity index (χ0v) is 14.3. The topological polar surface area (TPSA) is 29.1 Å². The summed E-state index contributed by atoms with van der Waals surface area (Å²) < 4.78 is 1.93. The SMILES string of the molecule is CCC1CCC(NC(=O)c2cc(Br)c(Br)s2)CC1. The van der Waals surface area contributed by atoms with E-state index in [-0.39, 0.29) is 5.91 Å². The molecular formula is C13H17Br2NOS. The minimum Gasteiger partial charge on any atom is -0.349 e. The third-order valence-corrected chi connectivity index (χ3v) is 6.88. The van der Waals surface area contributed by atoms with Gasteiger partial charge in [-0.3, -0.25) is 4.79 Å². The number of halogens is 2. The molecule has 0 radical (unpaired) electrons. The highest BCUT2D eigenvalue weighted by atomic mass is 79.9. The van der Waals surface area contributed by atoms with Gasteiger partial charge in [0, 0.05) is 10.5 Å². The molecule has 1 amide bonds. The molecule has 0 aliphatic heterocycles.